The Hall–Kier alpha value is -2.10. The number of aryl methyl sites for hydroxylation is 2. The van der Waals surface area contributed by atoms with Crippen LogP contribution in [0.15, 0.2) is 24.3 Å². The van der Waals surface area contributed by atoms with Crippen LogP contribution in [-0.2, 0) is 16.0 Å². The van der Waals surface area contributed by atoms with E-state index in [1.165, 1.54) is 7.11 Å². The van der Waals surface area contributed by atoms with Crippen LogP contribution in [0.2, 0.25) is 0 Å². The Balaban J connectivity index is 2.39. The Labute approximate surface area is 119 Å². The lowest BCUT2D eigenvalue weighted by molar-refractivity contribution is -0.140. The van der Waals surface area contributed by atoms with Crippen LogP contribution in [0.4, 0.5) is 5.69 Å². The van der Waals surface area contributed by atoms with Crippen LogP contribution < -0.4 is 4.90 Å². The van der Waals surface area contributed by atoms with Gasteiger partial charge >= 0.3 is 5.97 Å². The first-order valence-corrected chi connectivity index (χ1v) is 6.65. The molecule has 0 amide bonds. The van der Waals surface area contributed by atoms with Crippen molar-refractivity contribution in [2.75, 3.05) is 26.1 Å². The Morgan fingerprint density at radius 2 is 2.05 bits per heavy atom. The minimum Gasteiger partial charge on any atom is -0.469 e. The van der Waals surface area contributed by atoms with Crippen molar-refractivity contribution in [3.8, 4) is 0 Å². The lowest BCUT2D eigenvalue weighted by Crippen LogP contribution is -2.10. The zero-order valence-electron chi connectivity index (χ0n) is 12.4. The molecule has 2 aromatic rings. The largest absolute Gasteiger partial charge is 0.469 e. The van der Waals surface area contributed by atoms with Crippen LogP contribution in [-0.4, -0.2) is 32.2 Å². The summed E-state index contributed by atoms with van der Waals surface area (Å²) in [6.07, 6.45) is 1.09. The van der Waals surface area contributed by atoms with Gasteiger partial charge in [-0.15, -0.1) is 0 Å². The summed E-state index contributed by atoms with van der Waals surface area (Å²) >= 11 is 0. The van der Waals surface area contributed by atoms with E-state index in [1.807, 2.05) is 33.2 Å². The number of fused-ring (bicyclic) bond motifs is 1. The van der Waals surface area contributed by atoms with Gasteiger partial charge in [0.1, 0.15) is 0 Å². The zero-order valence-corrected chi connectivity index (χ0v) is 12.4. The highest BCUT2D eigenvalue weighted by molar-refractivity contribution is 5.92. The Kier molecular flexibility index (Phi) is 4.23. The predicted octanol–water partition coefficient (Wildman–Crippen LogP) is 2.71. The number of hydrogen-bond donors (Lipinski definition) is 0. The second-order valence-corrected chi connectivity index (χ2v) is 5.10. The summed E-state index contributed by atoms with van der Waals surface area (Å²) in [4.78, 5) is 17.9. The molecule has 0 radical (unpaired) electrons. The minimum atomic E-state index is -0.181. The maximum absolute atomic E-state index is 11.2. The lowest BCUT2D eigenvalue weighted by Gasteiger charge is -2.16. The van der Waals surface area contributed by atoms with Gasteiger partial charge in [0.05, 0.1) is 12.6 Å². The number of rotatable bonds is 4. The van der Waals surface area contributed by atoms with E-state index < -0.39 is 0 Å². The second kappa shape index (κ2) is 5.90. The first-order valence-electron chi connectivity index (χ1n) is 6.65. The van der Waals surface area contributed by atoms with Gasteiger partial charge in [0.2, 0.25) is 0 Å². The molecule has 0 saturated heterocycles. The molecule has 0 saturated carbocycles. The van der Waals surface area contributed by atoms with E-state index >= 15 is 0 Å². The molecule has 4 heteroatoms. The number of carbonyl (C=O) groups is 1. The Bertz CT molecular complexity index is 636. The van der Waals surface area contributed by atoms with Gasteiger partial charge in [0, 0.05) is 37.3 Å². The fourth-order valence-corrected chi connectivity index (χ4v) is 2.26. The highest BCUT2D eigenvalue weighted by Gasteiger charge is 2.08. The van der Waals surface area contributed by atoms with E-state index in [9.17, 15) is 4.79 Å². The number of aromatic nitrogens is 1. The van der Waals surface area contributed by atoms with Gasteiger partial charge in [-0.05, 0) is 37.1 Å². The SMILES string of the molecule is COC(=O)CCc1ccc2nc(C)cc(N(C)C)c2c1. The molecule has 0 aliphatic rings. The van der Waals surface area contributed by atoms with Crippen LogP contribution in [0.5, 0.6) is 0 Å². The molecule has 0 fully saturated rings. The number of esters is 1. The standard InChI is InChI=1S/C16H20N2O2/c1-11-9-15(18(2)3)13-10-12(5-7-14(13)17-11)6-8-16(19)20-4/h5,7,9-10H,6,8H2,1-4H3. The molecule has 0 spiro atoms. The van der Waals surface area contributed by atoms with E-state index in [2.05, 4.69) is 26.8 Å². The smallest absolute Gasteiger partial charge is 0.305 e. The maximum atomic E-state index is 11.2. The monoisotopic (exact) mass is 272 g/mol. The van der Waals surface area contributed by atoms with Crippen LogP contribution in [0.3, 0.4) is 0 Å². The molecule has 1 aromatic carbocycles. The number of hydrogen-bond acceptors (Lipinski definition) is 4. The molecule has 0 unspecified atom stereocenters. The first-order chi connectivity index (χ1) is 9.51. The lowest BCUT2D eigenvalue weighted by atomic mass is 10.0. The van der Waals surface area contributed by atoms with Crippen LogP contribution in [0, 0.1) is 6.92 Å². The number of benzene rings is 1. The van der Waals surface area contributed by atoms with E-state index in [0.717, 1.165) is 27.8 Å². The predicted molar refractivity (Wildman–Crippen MR) is 81.1 cm³/mol. The number of ether oxygens (including phenoxy) is 1. The highest BCUT2D eigenvalue weighted by atomic mass is 16.5. The third kappa shape index (κ3) is 3.07. The summed E-state index contributed by atoms with van der Waals surface area (Å²) in [5.74, 6) is -0.181. The normalized spacial score (nSPS) is 10.6. The average Bonchev–Trinajstić information content (AvgIpc) is 2.43. The van der Waals surface area contributed by atoms with Crippen LogP contribution in [0.25, 0.3) is 10.9 Å². The van der Waals surface area contributed by atoms with Crippen molar-refractivity contribution in [2.24, 2.45) is 0 Å². The number of carbonyl (C=O) groups excluding carboxylic acids is 1. The molecule has 1 aromatic heterocycles. The molecular formula is C16H20N2O2. The molecule has 0 atom stereocenters. The summed E-state index contributed by atoms with van der Waals surface area (Å²) in [5.41, 5.74) is 4.25. The van der Waals surface area contributed by atoms with Gasteiger partial charge in [-0.3, -0.25) is 9.78 Å². The van der Waals surface area contributed by atoms with Gasteiger partial charge in [0.15, 0.2) is 0 Å². The van der Waals surface area contributed by atoms with E-state index in [4.69, 9.17) is 0 Å². The maximum Gasteiger partial charge on any atom is 0.305 e. The number of nitrogens with zero attached hydrogens (tertiary/aromatic N) is 2. The van der Waals surface area contributed by atoms with E-state index in [1.54, 1.807) is 0 Å². The summed E-state index contributed by atoms with van der Waals surface area (Å²) in [6.45, 7) is 2.00. The zero-order chi connectivity index (χ0) is 14.7. The Morgan fingerprint density at radius 3 is 2.70 bits per heavy atom. The first kappa shape index (κ1) is 14.3. The van der Waals surface area contributed by atoms with Gasteiger partial charge in [-0.25, -0.2) is 0 Å². The van der Waals surface area contributed by atoms with Crippen molar-refractivity contribution in [3.05, 3.63) is 35.5 Å². The van der Waals surface area contributed by atoms with Gasteiger partial charge < -0.3 is 9.64 Å². The third-order valence-electron chi connectivity index (χ3n) is 3.31. The van der Waals surface area contributed by atoms with Crippen molar-refractivity contribution in [1.82, 2.24) is 4.98 Å². The molecule has 0 bridgehead atoms. The number of methoxy groups -OCH3 is 1. The Morgan fingerprint density at radius 1 is 1.30 bits per heavy atom. The molecule has 20 heavy (non-hydrogen) atoms. The minimum absolute atomic E-state index is 0.181. The molecular weight excluding hydrogens is 252 g/mol. The summed E-state index contributed by atoms with van der Waals surface area (Å²) in [7, 11) is 5.46. The number of pyridine rings is 1. The average molecular weight is 272 g/mol. The quantitative estimate of drug-likeness (QED) is 0.803. The molecule has 2 rings (SSSR count). The van der Waals surface area contributed by atoms with Crippen molar-refractivity contribution in [1.29, 1.82) is 0 Å². The van der Waals surface area contributed by atoms with Crippen molar-refractivity contribution in [3.63, 3.8) is 0 Å². The molecule has 0 N–H and O–H groups in total. The van der Waals surface area contributed by atoms with Crippen molar-refractivity contribution >= 4 is 22.6 Å². The highest BCUT2D eigenvalue weighted by Crippen LogP contribution is 2.26. The molecule has 1 heterocycles. The third-order valence-corrected chi connectivity index (χ3v) is 3.31. The summed E-state index contributed by atoms with van der Waals surface area (Å²) < 4.78 is 4.68. The summed E-state index contributed by atoms with van der Waals surface area (Å²) in [5, 5.41) is 1.11. The second-order valence-electron chi connectivity index (χ2n) is 5.10. The number of anilines is 1. The fraction of sp³-hybridized carbons (Fsp3) is 0.375. The molecule has 0 aliphatic heterocycles. The molecule has 0 aliphatic carbocycles. The molecule has 106 valence electrons. The van der Waals surface area contributed by atoms with E-state index in [-0.39, 0.29) is 5.97 Å². The van der Waals surface area contributed by atoms with Gasteiger partial charge in [-0.1, -0.05) is 6.07 Å². The van der Waals surface area contributed by atoms with E-state index in [0.29, 0.717) is 12.8 Å². The van der Waals surface area contributed by atoms with Gasteiger partial charge in [0.25, 0.3) is 0 Å². The van der Waals surface area contributed by atoms with Gasteiger partial charge in [-0.2, -0.15) is 0 Å². The fourth-order valence-electron chi connectivity index (χ4n) is 2.26. The van der Waals surface area contributed by atoms with Crippen molar-refractivity contribution in [2.45, 2.75) is 19.8 Å². The van der Waals surface area contributed by atoms with Crippen molar-refractivity contribution < 1.29 is 9.53 Å². The molecule has 4 nitrogen and oxygen atoms in total. The van der Waals surface area contributed by atoms with Crippen LogP contribution in [0.1, 0.15) is 17.7 Å². The topological polar surface area (TPSA) is 42.4 Å². The van der Waals surface area contributed by atoms with Crippen LogP contribution >= 0.6 is 0 Å². The summed E-state index contributed by atoms with van der Waals surface area (Å²) in [6, 6.07) is 8.23.